The minimum Gasteiger partial charge on any atom is -0.381 e. The molecule has 3 amide bonds. The zero-order valence-electron chi connectivity index (χ0n) is 17.7. The van der Waals surface area contributed by atoms with E-state index in [1.165, 1.54) is 0 Å². The zero-order chi connectivity index (χ0) is 21.1. The largest absolute Gasteiger partial charge is 0.381 e. The first-order valence-corrected chi connectivity index (χ1v) is 10.9. The lowest BCUT2D eigenvalue weighted by Crippen LogP contribution is -2.67. The molecule has 0 N–H and O–H groups in total. The van der Waals surface area contributed by atoms with Gasteiger partial charge < -0.3 is 19.4 Å². The van der Waals surface area contributed by atoms with Gasteiger partial charge in [0.25, 0.3) is 0 Å². The van der Waals surface area contributed by atoms with Crippen molar-refractivity contribution in [1.29, 1.82) is 0 Å². The number of amides is 3. The molecule has 3 fully saturated rings. The molecule has 0 radical (unpaired) electrons. The molecule has 3 saturated heterocycles. The molecule has 0 aromatic heterocycles. The average molecular weight is 414 g/mol. The van der Waals surface area contributed by atoms with E-state index in [0.29, 0.717) is 45.6 Å². The molecule has 3 aliphatic rings. The summed E-state index contributed by atoms with van der Waals surface area (Å²) in [5, 5.41) is 0. The highest BCUT2D eigenvalue weighted by Gasteiger charge is 2.52. The number of methoxy groups -OCH3 is 1. The van der Waals surface area contributed by atoms with Crippen LogP contribution in [0.4, 0.5) is 0 Å². The van der Waals surface area contributed by atoms with E-state index in [-0.39, 0.29) is 30.4 Å². The third kappa shape index (κ3) is 4.21. The third-order valence-corrected chi connectivity index (χ3v) is 6.74. The van der Waals surface area contributed by atoms with E-state index < -0.39 is 5.41 Å². The molecule has 0 atom stereocenters. The maximum Gasteiger partial charge on any atom is 0.242 e. The van der Waals surface area contributed by atoms with E-state index in [9.17, 15) is 14.4 Å². The summed E-state index contributed by atoms with van der Waals surface area (Å²) in [5.74, 6) is 0.138. The summed E-state index contributed by atoms with van der Waals surface area (Å²) in [6.45, 7) is 3.03. The summed E-state index contributed by atoms with van der Waals surface area (Å²) in [4.78, 5) is 43.5. The quantitative estimate of drug-likeness (QED) is 0.705. The predicted octanol–water partition coefficient (Wildman–Crippen LogP) is 1.32. The van der Waals surface area contributed by atoms with Crippen LogP contribution in [0.1, 0.15) is 31.2 Å². The Morgan fingerprint density at radius 1 is 1.07 bits per heavy atom. The van der Waals surface area contributed by atoms with Crippen molar-refractivity contribution in [3.8, 4) is 0 Å². The van der Waals surface area contributed by atoms with Gasteiger partial charge >= 0.3 is 0 Å². The molecule has 0 bridgehead atoms. The summed E-state index contributed by atoms with van der Waals surface area (Å²) < 4.78 is 5.44. The zero-order valence-corrected chi connectivity index (χ0v) is 17.7. The van der Waals surface area contributed by atoms with Gasteiger partial charge in [0.1, 0.15) is 0 Å². The monoisotopic (exact) mass is 413 g/mol. The van der Waals surface area contributed by atoms with Gasteiger partial charge in [-0.3, -0.25) is 14.4 Å². The minimum atomic E-state index is -0.577. The van der Waals surface area contributed by atoms with Gasteiger partial charge in [0.2, 0.25) is 17.7 Å². The highest BCUT2D eigenvalue weighted by atomic mass is 16.5. The standard InChI is InChI=1S/C23H31N3O4/c1-30-19-9-12-24(13-10-19)22(29)23(14-18-6-3-2-4-7-18)16-26(17-23)21(28)15-25-11-5-8-20(25)27/h2-4,6-7,19H,5,8-17H2,1H3. The fourth-order valence-electron chi connectivity index (χ4n) is 4.93. The molecule has 3 heterocycles. The summed E-state index contributed by atoms with van der Waals surface area (Å²) in [6, 6.07) is 10.0. The highest BCUT2D eigenvalue weighted by Crippen LogP contribution is 2.37. The number of likely N-dealkylation sites (tertiary alicyclic amines) is 3. The van der Waals surface area contributed by atoms with Gasteiger partial charge in [0.05, 0.1) is 18.1 Å². The molecule has 0 saturated carbocycles. The molecule has 162 valence electrons. The number of hydrogen-bond donors (Lipinski definition) is 0. The van der Waals surface area contributed by atoms with Gasteiger partial charge in [-0.15, -0.1) is 0 Å². The lowest BCUT2D eigenvalue weighted by atomic mass is 9.73. The second-order valence-corrected chi connectivity index (χ2v) is 8.84. The molecule has 1 aromatic rings. The van der Waals surface area contributed by atoms with Crippen molar-refractivity contribution < 1.29 is 19.1 Å². The van der Waals surface area contributed by atoms with Gasteiger partial charge in [-0.25, -0.2) is 0 Å². The predicted molar refractivity (Wildman–Crippen MR) is 112 cm³/mol. The molecule has 7 nitrogen and oxygen atoms in total. The molecular weight excluding hydrogens is 382 g/mol. The molecular formula is C23H31N3O4. The number of rotatable bonds is 6. The van der Waals surface area contributed by atoms with Crippen molar-refractivity contribution >= 4 is 17.7 Å². The van der Waals surface area contributed by atoms with Crippen molar-refractivity contribution in [2.24, 2.45) is 5.41 Å². The maximum absolute atomic E-state index is 13.5. The number of piperidine rings is 1. The second-order valence-electron chi connectivity index (χ2n) is 8.84. The maximum atomic E-state index is 13.5. The molecule has 0 spiro atoms. The SMILES string of the molecule is COC1CCN(C(=O)C2(Cc3ccccc3)CN(C(=O)CN3CCCC3=O)C2)CC1. The van der Waals surface area contributed by atoms with Crippen LogP contribution in [0.2, 0.25) is 0 Å². The number of ether oxygens (including phenoxy) is 1. The Kier molecular flexibility index (Phi) is 6.09. The van der Waals surface area contributed by atoms with Gasteiger partial charge in [-0.2, -0.15) is 0 Å². The van der Waals surface area contributed by atoms with Crippen molar-refractivity contribution in [3.05, 3.63) is 35.9 Å². The first kappa shape index (κ1) is 20.8. The van der Waals surface area contributed by atoms with E-state index in [1.807, 2.05) is 35.2 Å². The highest BCUT2D eigenvalue weighted by molar-refractivity contribution is 5.90. The molecule has 1 aromatic carbocycles. The normalized spacial score (nSPS) is 21.6. The first-order chi connectivity index (χ1) is 14.5. The fraction of sp³-hybridized carbons (Fsp3) is 0.609. The van der Waals surface area contributed by atoms with Crippen LogP contribution in [-0.4, -0.2) is 84.9 Å². The lowest BCUT2D eigenvalue weighted by Gasteiger charge is -2.51. The average Bonchev–Trinajstić information content (AvgIpc) is 3.15. The van der Waals surface area contributed by atoms with Crippen molar-refractivity contribution in [2.75, 3.05) is 46.4 Å². The first-order valence-electron chi connectivity index (χ1n) is 10.9. The summed E-state index contributed by atoms with van der Waals surface area (Å²) in [7, 11) is 1.72. The second kappa shape index (κ2) is 8.76. The van der Waals surface area contributed by atoms with Crippen LogP contribution in [0.25, 0.3) is 0 Å². The van der Waals surface area contributed by atoms with Crippen LogP contribution in [0.5, 0.6) is 0 Å². The topological polar surface area (TPSA) is 70.2 Å². The van der Waals surface area contributed by atoms with Crippen LogP contribution in [-0.2, 0) is 25.5 Å². The van der Waals surface area contributed by atoms with E-state index in [4.69, 9.17) is 4.74 Å². The smallest absolute Gasteiger partial charge is 0.242 e. The molecule has 3 aliphatic heterocycles. The number of nitrogens with zero attached hydrogens (tertiary/aromatic N) is 3. The van der Waals surface area contributed by atoms with Gasteiger partial charge in [-0.05, 0) is 31.2 Å². The van der Waals surface area contributed by atoms with Crippen molar-refractivity contribution in [2.45, 2.75) is 38.2 Å². The van der Waals surface area contributed by atoms with E-state index in [2.05, 4.69) is 0 Å². The minimum absolute atomic E-state index is 0.0523. The summed E-state index contributed by atoms with van der Waals surface area (Å²) >= 11 is 0. The molecule has 0 aliphatic carbocycles. The Balaban J connectivity index is 1.44. The number of carbonyl (C=O) groups excluding carboxylic acids is 3. The molecule has 4 rings (SSSR count). The lowest BCUT2D eigenvalue weighted by molar-refractivity contribution is -0.163. The van der Waals surface area contributed by atoms with E-state index in [0.717, 1.165) is 24.8 Å². The van der Waals surface area contributed by atoms with Crippen LogP contribution >= 0.6 is 0 Å². The van der Waals surface area contributed by atoms with Crippen LogP contribution in [0, 0.1) is 5.41 Å². The van der Waals surface area contributed by atoms with E-state index >= 15 is 0 Å². The van der Waals surface area contributed by atoms with Crippen molar-refractivity contribution in [3.63, 3.8) is 0 Å². The Bertz CT molecular complexity index is 783. The molecule has 30 heavy (non-hydrogen) atoms. The van der Waals surface area contributed by atoms with Gasteiger partial charge in [0, 0.05) is 46.3 Å². The third-order valence-electron chi connectivity index (χ3n) is 6.74. The number of carbonyl (C=O) groups is 3. The van der Waals surface area contributed by atoms with Crippen molar-refractivity contribution in [1.82, 2.24) is 14.7 Å². The van der Waals surface area contributed by atoms with Gasteiger partial charge in [-0.1, -0.05) is 30.3 Å². The number of hydrogen-bond acceptors (Lipinski definition) is 4. The summed E-state index contributed by atoms with van der Waals surface area (Å²) in [6.07, 6.45) is 3.90. The Morgan fingerprint density at radius 3 is 2.37 bits per heavy atom. The summed E-state index contributed by atoms with van der Waals surface area (Å²) in [5.41, 5.74) is 0.533. The molecule has 0 unspecified atom stereocenters. The van der Waals surface area contributed by atoms with Crippen LogP contribution < -0.4 is 0 Å². The fourth-order valence-corrected chi connectivity index (χ4v) is 4.93. The van der Waals surface area contributed by atoms with Gasteiger partial charge in [0.15, 0.2) is 0 Å². The molecule has 7 heteroatoms. The van der Waals surface area contributed by atoms with E-state index in [1.54, 1.807) is 16.9 Å². The Morgan fingerprint density at radius 2 is 1.77 bits per heavy atom. The van der Waals surface area contributed by atoms with Crippen LogP contribution in [0.15, 0.2) is 30.3 Å². The Labute approximate surface area is 177 Å². The Hall–Kier alpha value is -2.41. The number of benzene rings is 1. The van der Waals surface area contributed by atoms with Crippen LogP contribution in [0.3, 0.4) is 0 Å².